The van der Waals surface area contributed by atoms with Gasteiger partial charge in [-0.25, -0.2) is 0 Å². The summed E-state index contributed by atoms with van der Waals surface area (Å²) in [5, 5.41) is 22.0. The predicted molar refractivity (Wildman–Crippen MR) is 96.9 cm³/mol. The van der Waals surface area contributed by atoms with Gasteiger partial charge >= 0.3 is 0 Å². The highest BCUT2D eigenvalue weighted by molar-refractivity contribution is 4.96. The van der Waals surface area contributed by atoms with Crippen molar-refractivity contribution in [1.29, 1.82) is 0 Å². The Bertz CT molecular complexity index is 254. The van der Waals surface area contributed by atoms with Crippen molar-refractivity contribution in [2.75, 3.05) is 0 Å². The molecule has 0 spiro atoms. The molecular weight excluding hydrogens is 272 g/mol. The minimum atomic E-state index is -1.51. The van der Waals surface area contributed by atoms with Gasteiger partial charge in [0, 0.05) is 11.8 Å². The standard InChI is InChI=1S/C20H42O2/c1-6-11-12-14-18(13-7-2)19(15-8-3,16-9-4)20(21,22)17-10-5/h18,21-22H,6-17H2,1-5H3. The fourth-order valence-electron chi connectivity index (χ4n) is 4.44. The van der Waals surface area contributed by atoms with Crippen molar-refractivity contribution in [1.82, 2.24) is 0 Å². The number of rotatable bonds is 14. The van der Waals surface area contributed by atoms with Gasteiger partial charge in [-0.3, -0.25) is 0 Å². The SMILES string of the molecule is CCCCCC(CCC)C(CCC)(CCC)C(O)(O)CCC. The first kappa shape index (κ1) is 21.9. The van der Waals surface area contributed by atoms with E-state index in [4.69, 9.17) is 0 Å². The van der Waals surface area contributed by atoms with E-state index in [2.05, 4.69) is 34.6 Å². The number of unbranched alkanes of at least 4 members (excludes halogenated alkanes) is 2. The van der Waals surface area contributed by atoms with Crippen LogP contribution in [-0.2, 0) is 0 Å². The van der Waals surface area contributed by atoms with Crippen LogP contribution in [0.3, 0.4) is 0 Å². The number of aliphatic hydroxyl groups is 2. The molecule has 0 aromatic carbocycles. The van der Waals surface area contributed by atoms with Crippen LogP contribution in [0.15, 0.2) is 0 Å². The molecule has 2 heteroatoms. The minimum absolute atomic E-state index is 0.323. The molecule has 0 aromatic rings. The van der Waals surface area contributed by atoms with Gasteiger partial charge in [-0.05, 0) is 31.6 Å². The van der Waals surface area contributed by atoms with Gasteiger partial charge in [-0.1, -0.05) is 79.6 Å². The highest BCUT2D eigenvalue weighted by atomic mass is 16.5. The zero-order valence-electron chi connectivity index (χ0n) is 16.0. The van der Waals surface area contributed by atoms with Crippen molar-refractivity contribution < 1.29 is 10.2 Å². The van der Waals surface area contributed by atoms with Gasteiger partial charge in [0.05, 0.1) is 0 Å². The van der Waals surface area contributed by atoms with E-state index in [9.17, 15) is 10.2 Å². The molecule has 0 fully saturated rings. The second-order valence-electron chi connectivity index (χ2n) is 7.20. The van der Waals surface area contributed by atoms with Crippen molar-refractivity contribution >= 4 is 0 Å². The molecule has 0 saturated carbocycles. The molecule has 134 valence electrons. The Morgan fingerprint density at radius 2 is 1.18 bits per heavy atom. The summed E-state index contributed by atoms with van der Waals surface area (Å²) in [6.07, 6.45) is 12.4. The van der Waals surface area contributed by atoms with Crippen molar-refractivity contribution in [3.63, 3.8) is 0 Å². The largest absolute Gasteiger partial charge is 0.365 e. The van der Waals surface area contributed by atoms with Crippen LogP contribution >= 0.6 is 0 Å². The summed E-state index contributed by atoms with van der Waals surface area (Å²) in [6.45, 7) is 10.9. The zero-order valence-corrected chi connectivity index (χ0v) is 16.0. The van der Waals surface area contributed by atoms with Crippen LogP contribution in [0.5, 0.6) is 0 Å². The van der Waals surface area contributed by atoms with Crippen LogP contribution in [0.1, 0.15) is 112 Å². The molecule has 1 atom stereocenters. The lowest BCUT2D eigenvalue weighted by Gasteiger charge is -2.50. The van der Waals surface area contributed by atoms with E-state index in [1.807, 2.05) is 0 Å². The molecule has 2 nitrogen and oxygen atoms in total. The molecule has 0 aromatic heterocycles. The van der Waals surface area contributed by atoms with Crippen LogP contribution in [0.4, 0.5) is 0 Å². The van der Waals surface area contributed by atoms with E-state index >= 15 is 0 Å². The molecule has 0 bridgehead atoms. The van der Waals surface area contributed by atoms with E-state index in [0.717, 1.165) is 51.4 Å². The van der Waals surface area contributed by atoms with E-state index < -0.39 is 5.79 Å². The zero-order chi connectivity index (χ0) is 17.1. The highest BCUT2D eigenvalue weighted by Crippen LogP contribution is 2.51. The summed E-state index contributed by atoms with van der Waals surface area (Å²) in [5.41, 5.74) is -0.323. The molecule has 0 saturated heterocycles. The second kappa shape index (κ2) is 11.5. The lowest BCUT2D eigenvalue weighted by molar-refractivity contribution is -0.271. The van der Waals surface area contributed by atoms with Crippen molar-refractivity contribution in [3.8, 4) is 0 Å². The Balaban J connectivity index is 5.50. The molecule has 0 aliphatic rings. The topological polar surface area (TPSA) is 40.5 Å². The first-order valence-corrected chi connectivity index (χ1v) is 9.90. The summed E-state index contributed by atoms with van der Waals surface area (Å²) >= 11 is 0. The second-order valence-corrected chi connectivity index (χ2v) is 7.20. The average molecular weight is 315 g/mol. The molecule has 0 aliphatic heterocycles. The molecule has 0 rings (SSSR count). The quantitative estimate of drug-likeness (QED) is 0.302. The summed E-state index contributed by atoms with van der Waals surface area (Å²) in [5.74, 6) is -1.08. The molecule has 22 heavy (non-hydrogen) atoms. The first-order chi connectivity index (χ1) is 10.5. The van der Waals surface area contributed by atoms with E-state index in [1.165, 1.54) is 19.3 Å². The Labute approximate surface area is 139 Å². The van der Waals surface area contributed by atoms with Gasteiger partial charge < -0.3 is 10.2 Å². The highest BCUT2D eigenvalue weighted by Gasteiger charge is 2.51. The Kier molecular flexibility index (Phi) is 11.4. The normalized spacial score (nSPS) is 14.3. The molecule has 1 unspecified atom stereocenters. The first-order valence-electron chi connectivity index (χ1n) is 9.90. The van der Waals surface area contributed by atoms with Crippen molar-refractivity contribution in [2.45, 2.75) is 117 Å². The summed E-state index contributed by atoms with van der Waals surface area (Å²) in [7, 11) is 0. The van der Waals surface area contributed by atoms with Crippen LogP contribution in [0.25, 0.3) is 0 Å². The Hall–Kier alpha value is -0.0800. The van der Waals surface area contributed by atoms with Gasteiger partial charge in [0.15, 0.2) is 5.79 Å². The fourth-order valence-corrected chi connectivity index (χ4v) is 4.44. The summed E-state index contributed by atoms with van der Waals surface area (Å²) in [4.78, 5) is 0. The maximum absolute atomic E-state index is 11.0. The Morgan fingerprint density at radius 1 is 0.636 bits per heavy atom. The number of hydrogen-bond donors (Lipinski definition) is 2. The van der Waals surface area contributed by atoms with Crippen LogP contribution in [-0.4, -0.2) is 16.0 Å². The average Bonchev–Trinajstić information content (AvgIpc) is 2.46. The molecular formula is C20H42O2. The van der Waals surface area contributed by atoms with E-state index in [-0.39, 0.29) is 5.41 Å². The van der Waals surface area contributed by atoms with Gasteiger partial charge in [-0.15, -0.1) is 0 Å². The minimum Gasteiger partial charge on any atom is -0.365 e. The van der Waals surface area contributed by atoms with Gasteiger partial charge in [0.25, 0.3) is 0 Å². The molecule has 2 N–H and O–H groups in total. The van der Waals surface area contributed by atoms with Crippen LogP contribution in [0.2, 0.25) is 0 Å². The monoisotopic (exact) mass is 314 g/mol. The van der Waals surface area contributed by atoms with Crippen LogP contribution in [0, 0.1) is 11.3 Å². The summed E-state index contributed by atoms with van der Waals surface area (Å²) in [6, 6.07) is 0. The van der Waals surface area contributed by atoms with E-state index in [1.54, 1.807) is 0 Å². The maximum atomic E-state index is 11.0. The summed E-state index contributed by atoms with van der Waals surface area (Å²) < 4.78 is 0. The molecule has 0 amide bonds. The Morgan fingerprint density at radius 3 is 1.59 bits per heavy atom. The van der Waals surface area contributed by atoms with E-state index in [0.29, 0.717) is 12.3 Å². The lowest BCUT2D eigenvalue weighted by Crippen LogP contribution is -2.53. The van der Waals surface area contributed by atoms with Gasteiger partial charge in [-0.2, -0.15) is 0 Å². The third kappa shape index (κ3) is 5.85. The van der Waals surface area contributed by atoms with Crippen LogP contribution < -0.4 is 0 Å². The lowest BCUT2D eigenvalue weighted by atomic mass is 9.60. The fraction of sp³-hybridized carbons (Fsp3) is 1.00. The predicted octanol–water partition coefficient (Wildman–Crippen LogP) is 6.05. The third-order valence-corrected chi connectivity index (χ3v) is 5.36. The smallest absolute Gasteiger partial charge is 0.168 e. The maximum Gasteiger partial charge on any atom is 0.168 e. The molecule has 0 radical (unpaired) electrons. The van der Waals surface area contributed by atoms with Crippen molar-refractivity contribution in [2.24, 2.45) is 11.3 Å². The molecule has 0 aliphatic carbocycles. The molecule has 0 heterocycles. The number of hydrogen-bond acceptors (Lipinski definition) is 2. The van der Waals surface area contributed by atoms with Gasteiger partial charge in [0.1, 0.15) is 0 Å². The van der Waals surface area contributed by atoms with Gasteiger partial charge in [0.2, 0.25) is 0 Å². The van der Waals surface area contributed by atoms with Crippen molar-refractivity contribution in [3.05, 3.63) is 0 Å². The third-order valence-electron chi connectivity index (χ3n) is 5.36.